The maximum Gasteiger partial charge on any atom is 0.189 e. The highest BCUT2D eigenvalue weighted by Crippen LogP contribution is 2.52. The summed E-state index contributed by atoms with van der Waals surface area (Å²) in [5.41, 5.74) is 10.4. The molecule has 0 fully saturated rings. The van der Waals surface area contributed by atoms with Crippen LogP contribution in [0.1, 0.15) is 13.8 Å². The monoisotopic (exact) mass is 514 g/mol. The van der Waals surface area contributed by atoms with Gasteiger partial charge in [0.1, 0.15) is 11.3 Å². The molecule has 0 spiro atoms. The summed E-state index contributed by atoms with van der Waals surface area (Å²) >= 11 is 0. The van der Waals surface area contributed by atoms with Crippen molar-refractivity contribution in [2.75, 3.05) is 4.90 Å². The highest BCUT2D eigenvalue weighted by molar-refractivity contribution is 6.25. The van der Waals surface area contributed by atoms with Crippen LogP contribution in [0.4, 0.5) is 22.7 Å². The van der Waals surface area contributed by atoms with Crippen LogP contribution < -0.4 is 4.90 Å². The minimum atomic E-state index is 0.155. The van der Waals surface area contributed by atoms with E-state index in [0.717, 1.165) is 71.9 Å². The minimum Gasteiger partial charge on any atom is -0.454 e. The third-order valence-corrected chi connectivity index (χ3v) is 8.04. The third-order valence-electron chi connectivity index (χ3n) is 8.04. The van der Waals surface area contributed by atoms with Crippen molar-refractivity contribution in [3.05, 3.63) is 114 Å². The largest absolute Gasteiger partial charge is 0.454 e. The van der Waals surface area contributed by atoms with Crippen LogP contribution in [-0.2, 0) is 0 Å². The molecular weight excluding hydrogens is 492 g/mol. The molecule has 7 aromatic rings. The van der Waals surface area contributed by atoms with E-state index < -0.39 is 0 Å². The predicted octanol–water partition coefficient (Wildman–Crippen LogP) is 10.3. The van der Waals surface area contributed by atoms with Crippen LogP contribution in [-0.4, -0.2) is 10.6 Å². The molecule has 0 amide bonds. The van der Waals surface area contributed by atoms with Gasteiger partial charge in [-0.2, -0.15) is 0 Å². The fourth-order valence-corrected chi connectivity index (χ4v) is 6.33. The molecule has 0 saturated heterocycles. The standard InChI is InChI=1S/C35H22N4O/c1-20(2)38-30-16-14-24(37-4)18-31(30)39-29-15-11-22(21-9-12-23(36-3)13-10-21)17-26(29)27-19-28-25-7-5-6-8-32(25)40-35(28)34(38)33(27)39/h5-20H,1-2H3. The summed E-state index contributed by atoms with van der Waals surface area (Å²) in [6, 6.07) is 30.9. The van der Waals surface area contributed by atoms with Gasteiger partial charge in [-0.1, -0.05) is 54.6 Å². The van der Waals surface area contributed by atoms with Gasteiger partial charge in [0.05, 0.1) is 35.6 Å². The zero-order chi connectivity index (χ0) is 27.1. The van der Waals surface area contributed by atoms with Crippen LogP contribution in [0.25, 0.3) is 70.2 Å². The van der Waals surface area contributed by atoms with Gasteiger partial charge in [-0.3, -0.25) is 0 Å². The molecule has 8 rings (SSSR count). The summed E-state index contributed by atoms with van der Waals surface area (Å²) < 4.78 is 8.90. The van der Waals surface area contributed by atoms with Crippen molar-refractivity contribution in [2.24, 2.45) is 0 Å². The van der Waals surface area contributed by atoms with Crippen molar-refractivity contribution in [1.29, 1.82) is 0 Å². The van der Waals surface area contributed by atoms with Crippen LogP contribution in [0.5, 0.6) is 0 Å². The Labute approximate surface area is 230 Å². The first-order valence-corrected chi connectivity index (χ1v) is 13.3. The fraction of sp³-hybridized carbons (Fsp3) is 0.0857. The van der Waals surface area contributed by atoms with Gasteiger partial charge in [0.25, 0.3) is 0 Å². The number of aromatic nitrogens is 1. The van der Waals surface area contributed by atoms with E-state index in [1.807, 2.05) is 48.5 Å². The first-order valence-electron chi connectivity index (χ1n) is 13.3. The Bertz CT molecular complexity index is 2270. The maximum atomic E-state index is 7.70. The zero-order valence-corrected chi connectivity index (χ0v) is 21.9. The number of anilines is 2. The van der Waals surface area contributed by atoms with Gasteiger partial charge >= 0.3 is 0 Å². The number of furan rings is 1. The molecule has 5 heteroatoms. The van der Waals surface area contributed by atoms with E-state index in [4.69, 9.17) is 17.6 Å². The fourth-order valence-electron chi connectivity index (χ4n) is 6.33. The SMILES string of the molecule is [C-]#[N+]c1ccc(-c2ccc3c(c2)c2cc4c(oc5ccccc54)c4c2n3-c2cc([N+]#[C-])ccc2N4C(C)C)cc1. The molecule has 188 valence electrons. The zero-order valence-electron chi connectivity index (χ0n) is 21.9. The minimum absolute atomic E-state index is 0.155. The molecule has 0 bridgehead atoms. The lowest BCUT2D eigenvalue weighted by Gasteiger charge is -2.36. The average molecular weight is 515 g/mol. The second-order valence-electron chi connectivity index (χ2n) is 10.6. The molecule has 3 heterocycles. The molecule has 1 aliphatic rings. The van der Waals surface area contributed by atoms with Gasteiger partial charge < -0.3 is 13.9 Å². The Morgan fingerprint density at radius 1 is 0.675 bits per heavy atom. The quantitative estimate of drug-likeness (QED) is 0.215. The summed E-state index contributed by atoms with van der Waals surface area (Å²) in [7, 11) is 0. The summed E-state index contributed by atoms with van der Waals surface area (Å²) in [5.74, 6) is 0. The normalized spacial score (nSPS) is 12.4. The molecule has 40 heavy (non-hydrogen) atoms. The van der Waals surface area contributed by atoms with Crippen molar-refractivity contribution in [1.82, 2.24) is 4.57 Å². The summed E-state index contributed by atoms with van der Waals surface area (Å²) in [5, 5.41) is 4.48. The molecule has 0 unspecified atom stereocenters. The molecule has 2 aromatic heterocycles. The van der Waals surface area contributed by atoms with E-state index in [0.29, 0.717) is 11.4 Å². The van der Waals surface area contributed by atoms with Crippen molar-refractivity contribution < 1.29 is 4.42 Å². The number of hydrogen-bond donors (Lipinski definition) is 0. The van der Waals surface area contributed by atoms with Gasteiger partial charge in [-0.05, 0) is 61.4 Å². The Kier molecular flexibility index (Phi) is 4.49. The van der Waals surface area contributed by atoms with Crippen LogP contribution in [0.15, 0.2) is 95.4 Å². The maximum absolute atomic E-state index is 7.70. The topological polar surface area (TPSA) is 30.0 Å². The number of benzene rings is 5. The molecule has 0 saturated carbocycles. The van der Waals surface area contributed by atoms with Crippen molar-refractivity contribution in [2.45, 2.75) is 19.9 Å². The lowest BCUT2D eigenvalue weighted by atomic mass is 10.0. The molecule has 0 radical (unpaired) electrons. The highest BCUT2D eigenvalue weighted by atomic mass is 16.3. The highest BCUT2D eigenvalue weighted by Gasteiger charge is 2.33. The smallest absolute Gasteiger partial charge is 0.189 e. The van der Waals surface area contributed by atoms with Crippen molar-refractivity contribution >= 4 is 66.5 Å². The molecule has 0 N–H and O–H groups in total. The number of hydrogen-bond acceptors (Lipinski definition) is 2. The van der Waals surface area contributed by atoms with Crippen LogP contribution in [0.2, 0.25) is 0 Å². The van der Waals surface area contributed by atoms with Gasteiger partial charge in [-0.15, -0.1) is 0 Å². The van der Waals surface area contributed by atoms with E-state index in [1.165, 1.54) is 0 Å². The van der Waals surface area contributed by atoms with Gasteiger partial charge in [0.15, 0.2) is 17.0 Å². The number of nitrogens with zero attached hydrogens (tertiary/aromatic N) is 4. The Balaban J connectivity index is 1.57. The van der Waals surface area contributed by atoms with Gasteiger partial charge in [-0.25, -0.2) is 9.69 Å². The summed E-state index contributed by atoms with van der Waals surface area (Å²) in [6.07, 6.45) is 0. The van der Waals surface area contributed by atoms with Gasteiger partial charge in [0.2, 0.25) is 0 Å². The van der Waals surface area contributed by atoms with Gasteiger partial charge in [0, 0.05) is 27.6 Å². The Morgan fingerprint density at radius 3 is 2.20 bits per heavy atom. The molecule has 1 aliphatic heterocycles. The van der Waals surface area contributed by atoms with Crippen molar-refractivity contribution in [3.8, 4) is 16.8 Å². The van der Waals surface area contributed by atoms with E-state index >= 15 is 0 Å². The van der Waals surface area contributed by atoms with Crippen LogP contribution >= 0.6 is 0 Å². The van der Waals surface area contributed by atoms with E-state index in [1.54, 1.807) is 0 Å². The lowest BCUT2D eigenvalue weighted by molar-refractivity contribution is 0.664. The van der Waals surface area contributed by atoms with Crippen LogP contribution in [0, 0.1) is 13.1 Å². The second kappa shape index (κ2) is 7.99. The number of para-hydroxylation sites is 1. The first-order chi connectivity index (χ1) is 19.6. The van der Waals surface area contributed by atoms with Crippen LogP contribution in [0.3, 0.4) is 0 Å². The summed E-state index contributed by atoms with van der Waals surface area (Å²) in [6.45, 7) is 19.4. The Morgan fingerprint density at radius 2 is 1.43 bits per heavy atom. The molecule has 0 aliphatic carbocycles. The molecule has 0 atom stereocenters. The number of rotatable bonds is 2. The molecular formula is C35H22N4O. The average Bonchev–Trinajstić information content (AvgIpc) is 3.53. The predicted molar refractivity (Wildman–Crippen MR) is 163 cm³/mol. The third kappa shape index (κ3) is 2.89. The van der Waals surface area contributed by atoms with Crippen molar-refractivity contribution in [3.63, 3.8) is 0 Å². The summed E-state index contributed by atoms with van der Waals surface area (Å²) in [4.78, 5) is 9.66. The molecule has 5 aromatic carbocycles. The molecule has 5 nitrogen and oxygen atoms in total. The first kappa shape index (κ1) is 22.5. The van der Waals surface area contributed by atoms with E-state index in [9.17, 15) is 0 Å². The van der Waals surface area contributed by atoms with E-state index in [2.05, 4.69) is 75.5 Å². The number of fused-ring (bicyclic) bond motifs is 9. The lowest BCUT2D eigenvalue weighted by Crippen LogP contribution is -2.29. The second-order valence-corrected chi connectivity index (χ2v) is 10.6. The Hall–Kier alpha value is -5.52. The van der Waals surface area contributed by atoms with E-state index in [-0.39, 0.29) is 6.04 Å².